The number of benzene rings is 1. The topological polar surface area (TPSA) is 20.2 Å². The lowest BCUT2D eigenvalue weighted by Gasteiger charge is -2.06. The number of hydrogen-bond acceptors (Lipinski definition) is 1. The molecule has 0 aliphatic rings. The maximum Gasteiger partial charge on any atom is 0.0764 e. The van der Waals surface area contributed by atoms with Gasteiger partial charge in [-0.15, -0.1) is 0 Å². The van der Waals surface area contributed by atoms with Gasteiger partial charge in [-0.1, -0.05) is 52.0 Å². The molecule has 0 saturated heterocycles. The van der Waals surface area contributed by atoms with Crippen LogP contribution in [0.4, 0.5) is 0 Å². The summed E-state index contributed by atoms with van der Waals surface area (Å²) < 4.78 is 0. The molecule has 0 amide bonds. The second-order valence-electron chi connectivity index (χ2n) is 2.53. The molecule has 1 N–H and O–H groups in total. The minimum Gasteiger partial charge on any atom is -0.389 e. The van der Waals surface area contributed by atoms with Crippen LogP contribution < -0.4 is 0 Å². The van der Waals surface area contributed by atoms with Gasteiger partial charge in [0, 0.05) is 0 Å². The van der Waals surface area contributed by atoms with Gasteiger partial charge < -0.3 is 5.11 Å². The molecule has 0 heterocycles. The average molecular weight is 196 g/mol. The van der Waals surface area contributed by atoms with Gasteiger partial charge in [-0.2, -0.15) is 0 Å². The number of aryl methyl sites for hydroxylation is 1. The van der Waals surface area contributed by atoms with Crippen LogP contribution in [0.1, 0.15) is 51.8 Å². The third-order valence-electron chi connectivity index (χ3n) is 1.64. The molecule has 0 saturated carbocycles. The molecule has 1 heteroatoms. The standard InChI is InChI=1S/C9H12O.2C2H6/c1-7-5-3-4-6-9(7)8(2)10;2*1-2/h3-6,8,10H,1-2H3;2*1-2H3. The Kier molecular flexibility index (Phi) is 11.5. The second kappa shape index (κ2) is 10.3. The Labute approximate surface area is 88.8 Å². The molecule has 0 aliphatic heterocycles. The van der Waals surface area contributed by atoms with Crippen LogP contribution in [0.2, 0.25) is 0 Å². The fraction of sp³-hybridized carbons (Fsp3) is 0.538. The molecule has 14 heavy (non-hydrogen) atoms. The molecule has 0 fully saturated rings. The van der Waals surface area contributed by atoms with Gasteiger partial charge in [-0.25, -0.2) is 0 Å². The summed E-state index contributed by atoms with van der Waals surface area (Å²) >= 11 is 0. The summed E-state index contributed by atoms with van der Waals surface area (Å²) in [6.45, 7) is 11.8. The highest BCUT2D eigenvalue weighted by molar-refractivity contribution is 5.26. The Hall–Kier alpha value is -0.820. The van der Waals surface area contributed by atoms with Crippen molar-refractivity contribution in [1.82, 2.24) is 0 Å². The number of aliphatic hydroxyl groups excluding tert-OH is 1. The van der Waals surface area contributed by atoms with Gasteiger partial charge >= 0.3 is 0 Å². The third-order valence-corrected chi connectivity index (χ3v) is 1.64. The Morgan fingerprint density at radius 3 is 1.71 bits per heavy atom. The van der Waals surface area contributed by atoms with E-state index in [4.69, 9.17) is 0 Å². The molecular formula is C13H24O. The average Bonchev–Trinajstić information content (AvgIpc) is 2.24. The van der Waals surface area contributed by atoms with E-state index in [1.54, 1.807) is 6.92 Å². The van der Waals surface area contributed by atoms with Crippen molar-refractivity contribution in [2.75, 3.05) is 0 Å². The van der Waals surface area contributed by atoms with Gasteiger partial charge in [-0.05, 0) is 25.0 Å². The molecule has 0 spiro atoms. The first-order valence-electron chi connectivity index (χ1n) is 5.45. The Bertz CT molecular complexity index is 216. The first-order valence-corrected chi connectivity index (χ1v) is 5.45. The highest BCUT2D eigenvalue weighted by atomic mass is 16.3. The zero-order valence-electron chi connectivity index (χ0n) is 10.3. The molecule has 1 rings (SSSR count). The molecule has 82 valence electrons. The summed E-state index contributed by atoms with van der Waals surface area (Å²) in [6.07, 6.45) is -0.346. The van der Waals surface area contributed by atoms with Crippen LogP contribution in [-0.2, 0) is 0 Å². The van der Waals surface area contributed by atoms with Crippen LogP contribution in [0.5, 0.6) is 0 Å². The highest BCUT2D eigenvalue weighted by Crippen LogP contribution is 2.15. The summed E-state index contributed by atoms with van der Waals surface area (Å²) in [5.41, 5.74) is 2.17. The zero-order valence-corrected chi connectivity index (χ0v) is 10.3. The van der Waals surface area contributed by atoms with E-state index in [0.29, 0.717) is 0 Å². The predicted octanol–water partition coefficient (Wildman–Crippen LogP) is 4.10. The fourth-order valence-corrected chi connectivity index (χ4v) is 1.06. The largest absolute Gasteiger partial charge is 0.389 e. The summed E-state index contributed by atoms with van der Waals surface area (Å²) in [7, 11) is 0. The SMILES string of the molecule is CC.CC.Cc1ccccc1C(C)O. The third kappa shape index (κ3) is 5.76. The van der Waals surface area contributed by atoms with Crippen molar-refractivity contribution in [2.45, 2.75) is 47.6 Å². The van der Waals surface area contributed by atoms with E-state index in [9.17, 15) is 5.11 Å². The lowest BCUT2D eigenvalue weighted by molar-refractivity contribution is 0.198. The highest BCUT2D eigenvalue weighted by Gasteiger charge is 2.01. The lowest BCUT2D eigenvalue weighted by atomic mass is 10.1. The normalized spacial score (nSPS) is 10.2. The molecule has 1 nitrogen and oxygen atoms in total. The van der Waals surface area contributed by atoms with Crippen LogP contribution in [-0.4, -0.2) is 5.11 Å². The van der Waals surface area contributed by atoms with E-state index in [0.717, 1.165) is 11.1 Å². The minimum absolute atomic E-state index is 0.346. The van der Waals surface area contributed by atoms with Crippen molar-refractivity contribution in [3.05, 3.63) is 35.4 Å². The Morgan fingerprint density at radius 1 is 1.00 bits per heavy atom. The van der Waals surface area contributed by atoms with Gasteiger partial charge in [0.05, 0.1) is 6.10 Å². The molecule has 0 aromatic heterocycles. The maximum atomic E-state index is 9.20. The fourth-order valence-electron chi connectivity index (χ4n) is 1.06. The van der Waals surface area contributed by atoms with Gasteiger partial charge in [0.25, 0.3) is 0 Å². The number of rotatable bonds is 1. The van der Waals surface area contributed by atoms with E-state index in [2.05, 4.69) is 0 Å². The number of hydrogen-bond donors (Lipinski definition) is 1. The zero-order chi connectivity index (χ0) is 11.6. The van der Waals surface area contributed by atoms with Gasteiger partial charge in [0.2, 0.25) is 0 Å². The quantitative estimate of drug-likeness (QED) is 0.717. The molecule has 0 bridgehead atoms. The second-order valence-corrected chi connectivity index (χ2v) is 2.53. The van der Waals surface area contributed by atoms with Crippen molar-refractivity contribution in [1.29, 1.82) is 0 Å². The molecule has 1 aromatic rings. The summed E-state index contributed by atoms with van der Waals surface area (Å²) in [4.78, 5) is 0. The first-order chi connectivity index (χ1) is 6.72. The van der Waals surface area contributed by atoms with Crippen LogP contribution in [0.25, 0.3) is 0 Å². The van der Waals surface area contributed by atoms with Gasteiger partial charge in [0.1, 0.15) is 0 Å². The van der Waals surface area contributed by atoms with E-state index >= 15 is 0 Å². The summed E-state index contributed by atoms with van der Waals surface area (Å²) in [5.74, 6) is 0. The molecule has 0 aliphatic carbocycles. The lowest BCUT2D eigenvalue weighted by Crippen LogP contribution is -1.92. The van der Waals surface area contributed by atoms with Crippen LogP contribution >= 0.6 is 0 Å². The van der Waals surface area contributed by atoms with Crippen molar-refractivity contribution >= 4 is 0 Å². The maximum absolute atomic E-state index is 9.20. The molecule has 0 radical (unpaired) electrons. The smallest absolute Gasteiger partial charge is 0.0764 e. The van der Waals surface area contributed by atoms with Crippen molar-refractivity contribution < 1.29 is 5.11 Å². The van der Waals surface area contributed by atoms with Gasteiger partial charge in [0.15, 0.2) is 0 Å². The van der Waals surface area contributed by atoms with Crippen LogP contribution in [0, 0.1) is 6.92 Å². The molecule has 1 unspecified atom stereocenters. The summed E-state index contributed by atoms with van der Waals surface area (Å²) in [6, 6.07) is 7.86. The van der Waals surface area contributed by atoms with Crippen LogP contribution in [0.3, 0.4) is 0 Å². The Balaban J connectivity index is 0. The predicted molar refractivity (Wildman–Crippen MR) is 64.5 cm³/mol. The van der Waals surface area contributed by atoms with E-state index in [1.165, 1.54) is 0 Å². The molecular weight excluding hydrogens is 172 g/mol. The van der Waals surface area contributed by atoms with Crippen molar-refractivity contribution in [3.63, 3.8) is 0 Å². The Morgan fingerprint density at radius 2 is 1.43 bits per heavy atom. The van der Waals surface area contributed by atoms with E-state index in [1.807, 2.05) is 58.9 Å². The summed E-state index contributed by atoms with van der Waals surface area (Å²) in [5, 5.41) is 9.20. The first kappa shape index (κ1) is 15.6. The van der Waals surface area contributed by atoms with Crippen LogP contribution in [0.15, 0.2) is 24.3 Å². The number of aliphatic hydroxyl groups is 1. The van der Waals surface area contributed by atoms with Gasteiger partial charge in [-0.3, -0.25) is 0 Å². The van der Waals surface area contributed by atoms with E-state index in [-0.39, 0.29) is 6.10 Å². The molecule has 1 atom stereocenters. The van der Waals surface area contributed by atoms with Crippen molar-refractivity contribution in [3.8, 4) is 0 Å². The monoisotopic (exact) mass is 196 g/mol. The minimum atomic E-state index is -0.346. The van der Waals surface area contributed by atoms with E-state index < -0.39 is 0 Å². The van der Waals surface area contributed by atoms with Crippen molar-refractivity contribution in [2.24, 2.45) is 0 Å². The molecule has 1 aromatic carbocycles.